The number of hydrogen-bond donors (Lipinski definition) is 3. The molecule has 49 heavy (non-hydrogen) atoms. The van der Waals surface area contributed by atoms with E-state index in [0.29, 0.717) is 36.7 Å². The second-order valence-corrected chi connectivity index (χ2v) is 12.2. The monoisotopic (exact) mass is 693 g/mol. The van der Waals surface area contributed by atoms with Gasteiger partial charge >= 0.3 is 0 Å². The molecule has 1 saturated heterocycles. The number of hydroxylamine groups is 1. The van der Waals surface area contributed by atoms with Gasteiger partial charge in [0.05, 0.1) is 17.9 Å². The number of carbonyl (C=O) groups excluding carboxylic acids is 2. The van der Waals surface area contributed by atoms with Gasteiger partial charge < -0.3 is 19.2 Å². The van der Waals surface area contributed by atoms with Crippen LogP contribution >= 0.6 is 11.8 Å². The third-order valence-electron chi connectivity index (χ3n) is 7.52. The molecule has 3 aromatic rings. The summed E-state index contributed by atoms with van der Waals surface area (Å²) in [5, 5.41) is 12.0. The Balaban J connectivity index is 0.00000129. The molecule has 2 amide bonds. The van der Waals surface area contributed by atoms with Crippen molar-refractivity contribution in [1.82, 2.24) is 15.8 Å². The number of allylic oxidation sites excluding steroid dienone is 4. The third kappa shape index (κ3) is 15.2. The van der Waals surface area contributed by atoms with Gasteiger partial charge in [0.2, 0.25) is 18.2 Å². The molecule has 0 spiro atoms. The van der Waals surface area contributed by atoms with Crippen LogP contribution in [0.1, 0.15) is 110 Å². The number of oxazole rings is 1. The van der Waals surface area contributed by atoms with Crippen molar-refractivity contribution >= 4 is 23.6 Å². The third-order valence-corrected chi connectivity index (χ3v) is 8.48. The highest BCUT2D eigenvalue weighted by atomic mass is 32.2. The number of nitrogens with one attached hydrogen (secondary N) is 2. The Morgan fingerprint density at radius 2 is 1.51 bits per heavy atom. The number of nitrogens with zero attached hydrogens (tertiary/aromatic N) is 1. The molecule has 4 atom stereocenters. The molecule has 0 radical (unpaired) electrons. The Bertz CT molecular complexity index is 1390. The van der Waals surface area contributed by atoms with Gasteiger partial charge in [-0.15, -0.1) is 0 Å². The summed E-state index contributed by atoms with van der Waals surface area (Å²) in [4.78, 5) is 28.7. The first-order valence-electron chi connectivity index (χ1n) is 17.4. The highest BCUT2D eigenvalue weighted by Gasteiger charge is 2.32. The van der Waals surface area contributed by atoms with Crippen LogP contribution in [0.15, 0.2) is 94.6 Å². The van der Waals surface area contributed by atoms with E-state index in [9.17, 15) is 9.59 Å². The van der Waals surface area contributed by atoms with Gasteiger partial charge in [0.1, 0.15) is 0 Å². The molecule has 2 heterocycles. The molecule has 4 rings (SSSR count). The van der Waals surface area contributed by atoms with Crippen molar-refractivity contribution in [3.8, 4) is 11.3 Å². The molecule has 9 nitrogen and oxygen atoms in total. The molecular weight excluding hydrogens is 639 g/mol. The molecule has 0 bridgehead atoms. The molecular formula is C39H55N3O6S. The van der Waals surface area contributed by atoms with Gasteiger partial charge in [0.15, 0.2) is 5.76 Å². The van der Waals surface area contributed by atoms with Gasteiger partial charge in [-0.2, -0.15) is 0 Å². The van der Waals surface area contributed by atoms with Gasteiger partial charge in [-0.1, -0.05) is 130 Å². The number of benzene rings is 2. The summed E-state index contributed by atoms with van der Waals surface area (Å²) in [6, 6.07) is 20.0. The topological polar surface area (TPSA) is 123 Å². The smallest absolute Gasteiger partial charge is 0.256 e. The first kappa shape index (κ1) is 41.5. The Morgan fingerprint density at radius 1 is 0.898 bits per heavy atom. The number of aromatic nitrogens is 1. The van der Waals surface area contributed by atoms with E-state index in [1.165, 1.54) is 11.8 Å². The number of ether oxygens (including phenoxy) is 2. The summed E-state index contributed by atoms with van der Waals surface area (Å²) in [5.41, 5.74) is 4.53. The first-order valence-corrected chi connectivity index (χ1v) is 18.3. The molecule has 0 saturated carbocycles. The normalized spacial score (nSPS) is 17.8. The highest BCUT2D eigenvalue weighted by molar-refractivity contribution is 7.99. The van der Waals surface area contributed by atoms with Crippen LogP contribution in [0.25, 0.3) is 11.3 Å². The van der Waals surface area contributed by atoms with Crippen molar-refractivity contribution < 1.29 is 28.7 Å². The first-order chi connectivity index (χ1) is 23.9. The van der Waals surface area contributed by atoms with Crippen LogP contribution in [0.3, 0.4) is 0 Å². The average Bonchev–Trinajstić information content (AvgIpc) is 3.58. The van der Waals surface area contributed by atoms with Crippen molar-refractivity contribution in [3.05, 3.63) is 96.2 Å². The highest BCUT2D eigenvalue weighted by Crippen LogP contribution is 2.36. The van der Waals surface area contributed by atoms with E-state index >= 15 is 0 Å². The summed E-state index contributed by atoms with van der Waals surface area (Å²) in [5.74, 6) is 0.895. The van der Waals surface area contributed by atoms with E-state index in [-0.39, 0.29) is 30.5 Å². The minimum Gasteiger partial charge on any atom is -0.431 e. The van der Waals surface area contributed by atoms with E-state index in [0.717, 1.165) is 35.4 Å². The van der Waals surface area contributed by atoms with Crippen LogP contribution in [-0.2, 0) is 19.1 Å². The minimum absolute atomic E-state index is 0.0970. The fraction of sp³-hybridized carbons (Fsp3) is 0.462. The molecule has 1 fully saturated rings. The van der Waals surface area contributed by atoms with E-state index in [1.54, 1.807) is 5.48 Å². The number of rotatable bonds is 15. The van der Waals surface area contributed by atoms with Crippen molar-refractivity contribution in [3.63, 3.8) is 0 Å². The quantitative estimate of drug-likeness (QED) is 0.0473. The lowest BCUT2D eigenvalue weighted by atomic mass is 10.0. The number of carbonyl (C=O) groups is 2. The van der Waals surface area contributed by atoms with Crippen LogP contribution in [0.2, 0.25) is 0 Å². The maximum atomic E-state index is 12.7. The maximum absolute atomic E-state index is 12.7. The van der Waals surface area contributed by atoms with Gasteiger partial charge in [-0.3, -0.25) is 14.8 Å². The van der Waals surface area contributed by atoms with Crippen LogP contribution in [0.4, 0.5) is 0 Å². The summed E-state index contributed by atoms with van der Waals surface area (Å²) < 4.78 is 18.6. The van der Waals surface area contributed by atoms with E-state index in [2.05, 4.69) is 18.3 Å². The standard InChI is InChI=1S/C33H41N3O6S.C4H8.C2H6/c1-3-14-23(2)30-31(25-17-10-7-11-18-25)42-33(35-30)43-22-26-21-27(24-15-8-6-9-16-24)41-32(40-26)34-28(37)19-12-4-5-13-20-29(38)36-39;1-3-4-2;1-2/h3,6-11,14-18,23,26-27,32,39H,4-5,12-13,19-22H2,1-2H3,(H,34,37)(H,36,38);3-4H,1-2H3;1-2H3/b14-3-;4-3-;. The Labute approximate surface area is 296 Å². The van der Waals surface area contributed by atoms with Crippen molar-refractivity contribution in [2.45, 2.75) is 116 Å². The van der Waals surface area contributed by atoms with Gasteiger partial charge in [-0.05, 0) is 39.2 Å². The molecule has 1 aliphatic heterocycles. The summed E-state index contributed by atoms with van der Waals surface area (Å²) in [6.07, 6.45) is 11.0. The lowest BCUT2D eigenvalue weighted by Crippen LogP contribution is -2.46. The van der Waals surface area contributed by atoms with Gasteiger partial charge in [0, 0.05) is 36.5 Å². The largest absolute Gasteiger partial charge is 0.431 e. The predicted molar refractivity (Wildman–Crippen MR) is 197 cm³/mol. The summed E-state index contributed by atoms with van der Waals surface area (Å²) >= 11 is 1.50. The van der Waals surface area contributed by atoms with E-state index < -0.39 is 12.3 Å². The van der Waals surface area contributed by atoms with Crippen LogP contribution in [0, 0.1) is 0 Å². The second kappa shape index (κ2) is 24.4. The van der Waals surface area contributed by atoms with Crippen molar-refractivity contribution in [2.24, 2.45) is 0 Å². The lowest BCUT2D eigenvalue weighted by Gasteiger charge is -2.36. The van der Waals surface area contributed by atoms with E-state index in [1.807, 2.05) is 114 Å². The van der Waals surface area contributed by atoms with Gasteiger partial charge in [0.25, 0.3) is 5.22 Å². The Morgan fingerprint density at radius 3 is 2.10 bits per heavy atom. The van der Waals surface area contributed by atoms with Crippen LogP contribution in [0.5, 0.6) is 0 Å². The molecule has 0 aliphatic carbocycles. The summed E-state index contributed by atoms with van der Waals surface area (Å²) in [7, 11) is 0. The number of hydrogen-bond acceptors (Lipinski definition) is 8. The Hall–Kier alpha value is -3.70. The zero-order valence-electron chi connectivity index (χ0n) is 29.9. The molecule has 1 aromatic heterocycles. The summed E-state index contributed by atoms with van der Waals surface area (Å²) in [6.45, 7) is 12.1. The van der Waals surface area contributed by atoms with Crippen molar-refractivity contribution in [2.75, 3.05) is 5.75 Å². The maximum Gasteiger partial charge on any atom is 0.256 e. The molecule has 10 heteroatoms. The van der Waals surface area contributed by atoms with Crippen LogP contribution in [-0.4, -0.2) is 40.3 Å². The fourth-order valence-corrected chi connectivity index (χ4v) is 5.82. The zero-order chi connectivity index (χ0) is 35.9. The molecule has 1 aliphatic rings. The van der Waals surface area contributed by atoms with Gasteiger partial charge in [-0.25, -0.2) is 10.5 Å². The molecule has 4 unspecified atom stereocenters. The van der Waals surface area contributed by atoms with Crippen LogP contribution < -0.4 is 10.8 Å². The molecule has 268 valence electrons. The second-order valence-electron chi connectivity index (χ2n) is 11.2. The van der Waals surface area contributed by atoms with E-state index in [4.69, 9.17) is 24.1 Å². The fourth-order valence-electron chi connectivity index (χ4n) is 4.97. The molecule has 2 aromatic carbocycles. The average molecular weight is 694 g/mol. The number of unbranched alkanes of at least 4 members (excludes halogenated alkanes) is 3. The SMILES string of the molecule is C/C=C\C.C/C=C\C(C)c1nc(SCC2CC(c3ccccc3)OC(NC(=O)CCCCCCC(=O)NO)O2)oc1-c1ccccc1.CC. The number of thioether (sulfide) groups is 1. The predicted octanol–water partition coefficient (Wildman–Crippen LogP) is 9.51. The lowest BCUT2D eigenvalue weighted by molar-refractivity contribution is -0.251. The molecule has 3 N–H and O–H groups in total. The Kier molecular flexibility index (Phi) is 20.7. The minimum atomic E-state index is -0.875. The zero-order valence-corrected chi connectivity index (χ0v) is 30.7. The number of amides is 2. The van der Waals surface area contributed by atoms with Crippen molar-refractivity contribution in [1.29, 1.82) is 0 Å².